The maximum absolute atomic E-state index is 12.1. The zero-order valence-corrected chi connectivity index (χ0v) is 9.72. The SMILES string of the molecule is O=C1CN(C(=O)C2CCC(C(=O)O)C2)CC(=O)N1. The first-order chi connectivity index (χ1) is 8.47. The van der Waals surface area contributed by atoms with Crippen molar-refractivity contribution in [1.29, 1.82) is 0 Å². The highest BCUT2D eigenvalue weighted by Crippen LogP contribution is 2.32. The quantitative estimate of drug-likeness (QED) is 0.613. The predicted molar refractivity (Wildman–Crippen MR) is 58.2 cm³/mol. The summed E-state index contributed by atoms with van der Waals surface area (Å²) in [6.45, 7) is -0.252. The van der Waals surface area contributed by atoms with Crippen LogP contribution in [0.2, 0.25) is 0 Å². The Morgan fingerprint density at radius 3 is 2.17 bits per heavy atom. The molecular formula is C11H14N2O5. The van der Waals surface area contributed by atoms with Crippen LogP contribution in [0.4, 0.5) is 0 Å². The molecule has 0 spiro atoms. The monoisotopic (exact) mass is 254 g/mol. The number of hydrogen-bond donors (Lipinski definition) is 2. The van der Waals surface area contributed by atoms with Crippen molar-refractivity contribution in [3.05, 3.63) is 0 Å². The number of carbonyl (C=O) groups excluding carboxylic acids is 3. The van der Waals surface area contributed by atoms with Crippen molar-refractivity contribution in [2.24, 2.45) is 11.8 Å². The van der Waals surface area contributed by atoms with Crippen molar-refractivity contribution in [1.82, 2.24) is 10.2 Å². The van der Waals surface area contributed by atoms with Crippen LogP contribution in [-0.2, 0) is 19.2 Å². The summed E-state index contributed by atoms with van der Waals surface area (Å²) in [5.41, 5.74) is 0. The standard InChI is InChI=1S/C11H14N2O5/c14-8-4-13(5-9(15)12-8)10(16)6-1-2-7(3-6)11(17)18/h6-7H,1-5H2,(H,17,18)(H,12,14,15). The molecule has 2 unspecified atom stereocenters. The van der Waals surface area contributed by atoms with Gasteiger partial charge in [-0.25, -0.2) is 0 Å². The molecule has 7 nitrogen and oxygen atoms in total. The van der Waals surface area contributed by atoms with Crippen LogP contribution in [0.5, 0.6) is 0 Å². The van der Waals surface area contributed by atoms with E-state index in [4.69, 9.17) is 5.11 Å². The van der Waals surface area contributed by atoms with Crippen LogP contribution < -0.4 is 5.32 Å². The third-order valence-corrected chi connectivity index (χ3v) is 3.39. The van der Waals surface area contributed by atoms with Crippen LogP contribution in [0.3, 0.4) is 0 Å². The summed E-state index contributed by atoms with van der Waals surface area (Å²) >= 11 is 0. The van der Waals surface area contributed by atoms with Gasteiger partial charge in [-0.1, -0.05) is 0 Å². The first-order valence-electron chi connectivity index (χ1n) is 5.81. The lowest BCUT2D eigenvalue weighted by atomic mass is 10.0. The number of amides is 3. The van der Waals surface area contributed by atoms with Crippen molar-refractivity contribution in [2.45, 2.75) is 19.3 Å². The molecule has 0 bridgehead atoms. The Bertz CT molecular complexity index is 404. The lowest BCUT2D eigenvalue weighted by Crippen LogP contribution is -2.54. The molecule has 1 saturated heterocycles. The second-order valence-corrected chi connectivity index (χ2v) is 4.71. The number of carboxylic acid groups (broad SMARTS) is 1. The Balaban J connectivity index is 1.97. The van der Waals surface area contributed by atoms with Crippen LogP contribution in [-0.4, -0.2) is 46.8 Å². The van der Waals surface area contributed by atoms with Crippen LogP contribution in [0.1, 0.15) is 19.3 Å². The molecule has 2 N–H and O–H groups in total. The maximum Gasteiger partial charge on any atom is 0.306 e. The normalized spacial score (nSPS) is 28.1. The summed E-state index contributed by atoms with van der Waals surface area (Å²) in [7, 11) is 0. The molecule has 2 fully saturated rings. The van der Waals surface area contributed by atoms with Crippen LogP contribution in [0.25, 0.3) is 0 Å². The van der Waals surface area contributed by atoms with Crippen molar-refractivity contribution < 1.29 is 24.3 Å². The minimum atomic E-state index is -0.891. The highest BCUT2D eigenvalue weighted by atomic mass is 16.4. The van der Waals surface area contributed by atoms with Crippen LogP contribution in [0, 0.1) is 11.8 Å². The van der Waals surface area contributed by atoms with E-state index in [0.29, 0.717) is 19.3 Å². The molecule has 1 aliphatic carbocycles. The van der Waals surface area contributed by atoms with Crippen molar-refractivity contribution in [2.75, 3.05) is 13.1 Å². The summed E-state index contributed by atoms with van der Waals surface area (Å²) in [5, 5.41) is 11.0. The zero-order valence-electron chi connectivity index (χ0n) is 9.72. The van der Waals surface area contributed by atoms with Gasteiger partial charge in [0.15, 0.2) is 0 Å². The van der Waals surface area contributed by atoms with E-state index in [2.05, 4.69) is 5.32 Å². The fourth-order valence-electron chi connectivity index (χ4n) is 2.48. The number of piperazine rings is 1. The predicted octanol–water partition coefficient (Wildman–Crippen LogP) is -1.03. The van der Waals surface area contributed by atoms with Gasteiger partial charge >= 0.3 is 5.97 Å². The second-order valence-electron chi connectivity index (χ2n) is 4.71. The topological polar surface area (TPSA) is 104 Å². The molecule has 0 aromatic heterocycles. The fourth-order valence-corrected chi connectivity index (χ4v) is 2.48. The van der Waals surface area contributed by atoms with Gasteiger partial charge in [-0.05, 0) is 19.3 Å². The van der Waals surface area contributed by atoms with Gasteiger partial charge in [0, 0.05) is 5.92 Å². The second kappa shape index (κ2) is 4.75. The maximum atomic E-state index is 12.1. The molecular weight excluding hydrogens is 240 g/mol. The van der Waals surface area contributed by atoms with E-state index in [9.17, 15) is 19.2 Å². The number of carbonyl (C=O) groups is 4. The molecule has 1 saturated carbocycles. The number of carboxylic acids is 1. The van der Waals surface area contributed by atoms with Crippen molar-refractivity contribution in [3.63, 3.8) is 0 Å². The van der Waals surface area contributed by atoms with Gasteiger partial charge in [-0.2, -0.15) is 0 Å². The number of aliphatic carboxylic acids is 1. The van der Waals surface area contributed by atoms with E-state index in [-0.39, 0.29) is 24.9 Å². The molecule has 98 valence electrons. The van der Waals surface area contributed by atoms with E-state index in [1.165, 1.54) is 4.90 Å². The number of nitrogens with zero attached hydrogens (tertiary/aromatic N) is 1. The molecule has 0 aromatic carbocycles. The third kappa shape index (κ3) is 2.49. The van der Waals surface area contributed by atoms with E-state index in [0.717, 1.165) is 0 Å². The molecule has 7 heteroatoms. The van der Waals surface area contributed by atoms with Crippen LogP contribution in [0.15, 0.2) is 0 Å². The Morgan fingerprint density at radius 1 is 1.11 bits per heavy atom. The minimum absolute atomic E-state index is 0.126. The van der Waals surface area contributed by atoms with Gasteiger partial charge < -0.3 is 10.0 Å². The number of nitrogens with one attached hydrogen (secondary N) is 1. The molecule has 1 aliphatic heterocycles. The Morgan fingerprint density at radius 2 is 1.67 bits per heavy atom. The average Bonchev–Trinajstić information content (AvgIpc) is 2.75. The van der Waals surface area contributed by atoms with Gasteiger partial charge in [0.1, 0.15) is 13.1 Å². The number of hydrogen-bond acceptors (Lipinski definition) is 4. The van der Waals surface area contributed by atoms with Gasteiger partial charge in [0.25, 0.3) is 0 Å². The van der Waals surface area contributed by atoms with E-state index in [1.54, 1.807) is 0 Å². The van der Waals surface area contributed by atoms with Gasteiger partial charge in [-0.3, -0.25) is 24.5 Å². The summed E-state index contributed by atoms with van der Waals surface area (Å²) in [5.74, 6) is -3.04. The minimum Gasteiger partial charge on any atom is -0.481 e. The van der Waals surface area contributed by atoms with Gasteiger partial charge in [0.2, 0.25) is 17.7 Å². The highest BCUT2D eigenvalue weighted by molar-refractivity contribution is 6.02. The van der Waals surface area contributed by atoms with Crippen LogP contribution >= 0.6 is 0 Å². The lowest BCUT2D eigenvalue weighted by Gasteiger charge is -2.27. The molecule has 18 heavy (non-hydrogen) atoms. The Labute approximate surface area is 103 Å². The molecule has 2 aliphatic rings. The summed E-state index contributed by atoms with van der Waals surface area (Å²) in [6.07, 6.45) is 1.27. The molecule has 1 heterocycles. The zero-order chi connectivity index (χ0) is 13.3. The molecule has 0 aromatic rings. The van der Waals surface area contributed by atoms with E-state index in [1.807, 2.05) is 0 Å². The fraction of sp³-hybridized carbons (Fsp3) is 0.636. The first kappa shape index (κ1) is 12.5. The highest BCUT2D eigenvalue weighted by Gasteiger charge is 2.37. The average molecular weight is 254 g/mol. The van der Waals surface area contributed by atoms with Gasteiger partial charge in [-0.15, -0.1) is 0 Å². The largest absolute Gasteiger partial charge is 0.481 e. The molecule has 0 radical (unpaired) electrons. The van der Waals surface area contributed by atoms with E-state index < -0.39 is 23.7 Å². The third-order valence-electron chi connectivity index (χ3n) is 3.39. The molecule has 2 rings (SSSR count). The Kier molecular flexibility index (Phi) is 3.31. The lowest BCUT2D eigenvalue weighted by molar-refractivity contribution is -0.148. The Hall–Kier alpha value is -1.92. The molecule has 2 atom stereocenters. The smallest absolute Gasteiger partial charge is 0.306 e. The number of rotatable bonds is 2. The molecule has 3 amide bonds. The number of imide groups is 1. The summed E-state index contributed by atoms with van der Waals surface area (Å²) < 4.78 is 0. The van der Waals surface area contributed by atoms with Crippen molar-refractivity contribution in [3.8, 4) is 0 Å². The van der Waals surface area contributed by atoms with Gasteiger partial charge in [0.05, 0.1) is 5.92 Å². The van der Waals surface area contributed by atoms with E-state index >= 15 is 0 Å². The first-order valence-corrected chi connectivity index (χ1v) is 5.81. The van der Waals surface area contributed by atoms with Crippen molar-refractivity contribution >= 4 is 23.7 Å². The summed E-state index contributed by atoms with van der Waals surface area (Å²) in [4.78, 5) is 46.4. The summed E-state index contributed by atoms with van der Waals surface area (Å²) in [6, 6.07) is 0.